The molecule has 1 aliphatic rings. The summed E-state index contributed by atoms with van der Waals surface area (Å²) in [6.07, 6.45) is 0.515. The molecule has 7 heteroatoms. The molecule has 0 saturated carbocycles. The Labute approximate surface area is 121 Å². The Hall–Kier alpha value is -1.99. The fourth-order valence-electron chi connectivity index (χ4n) is 2.32. The summed E-state index contributed by atoms with van der Waals surface area (Å²) in [5.74, 6) is -1.83. The van der Waals surface area contributed by atoms with Crippen molar-refractivity contribution in [2.75, 3.05) is 25.0 Å². The van der Waals surface area contributed by atoms with Gasteiger partial charge in [0.25, 0.3) is 0 Å². The maximum absolute atomic E-state index is 13.4. The topological polar surface area (TPSA) is 95.7 Å². The molecule has 0 spiro atoms. The molecule has 1 saturated heterocycles. The third kappa shape index (κ3) is 3.77. The SMILES string of the molecule is NC1(C(=O)O)CCN(CCC(=O)Nc2ccccc2F)C1. The van der Waals surface area contributed by atoms with E-state index in [2.05, 4.69) is 5.32 Å². The maximum atomic E-state index is 13.4. The lowest BCUT2D eigenvalue weighted by atomic mass is 10.0. The second-order valence-corrected chi connectivity index (χ2v) is 5.27. The van der Waals surface area contributed by atoms with Gasteiger partial charge in [-0.25, -0.2) is 4.39 Å². The van der Waals surface area contributed by atoms with Crippen LogP contribution in [0.5, 0.6) is 0 Å². The lowest BCUT2D eigenvalue weighted by Crippen LogP contribution is -2.50. The molecule has 0 bridgehead atoms. The standard InChI is InChI=1S/C14H18FN3O3/c15-10-3-1-2-4-11(10)17-12(19)5-7-18-8-6-14(16,9-18)13(20)21/h1-4H,5-9,16H2,(H,17,19)(H,20,21). The zero-order valence-electron chi connectivity index (χ0n) is 11.5. The van der Waals surface area contributed by atoms with Crippen LogP contribution in [0, 0.1) is 5.82 Å². The van der Waals surface area contributed by atoms with E-state index in [-0.39, 0.29) is 24.6 Å². The summed E-state index contributed by atoms with van der Waals surface area (Å²) >= 11 is 0. The van der Waals surface area contributed by atoms with E-state index >= 15 is 0 Å². The van der Waals surface area contributed by atoms with Crippen molar-refractivity contribution in [3.8, 4) is 0 Å². The van der Waals surface area contributed by atoms with Gasteiger partial charge in [-0.3, -0.25) is 9.59 Å². The number of halogens is 1. The van der Waals surface area contributed by atoms with Gasteiger partial charge < -0.3 is 21.1 Å². The highest BCUT2D eigenvalue weighted by Crippen LogP contribution is 2.19. The number of benzene rings is 1. The van der Waals surface area contributed by atoms with Crippen molar-refractivity contribution in [1.29, 1.82) is 0 Å². The number of nitrogens with two attached hydrogens (primary N) is 1. The molecule has 114 valence electrons. The summed E-state index contributed by atoms with van der Waals surface area (Å²) in [6.45, 7) is 1.15. The van der Waals surface area contributed by atoms with Crippen molar-refractivity contribution < 1.29 is 19.1 Å². The van der Waals surface area contributed by atoms with Crippen LogP contribution in [-0.2, 0) is 9.59 Å². The number of rotatable bonds is 5. The Morgan fingerprint density at radius 3 is 2.76 bits per heavy atom. The lowest BCUT2D eigenvalue weighted by Gasteiger charge is -2.19. The minimum absolute atomic E-state index is 0.141. The molecule has 0 aliphatic carbocycles. The van der Waals surface area contributed by atoms with Gasteiger partial charge in [-0.1, -0.05) is 12.1 Å². The maximum Gasteiger partial charge on any atom is 0.325 e. The summed E-state index contributed by atoms with van der Waals surface area (Å²) in [5, 5.41) is 11.5. The molecule has 1 atom stereocenters. The summed E-state index contributed by atoms with van der Waals surface area (Å²) in [4.78, 5) is 24.6. The van der Waals surface area contributed by atoms with Crippen molar-refractivity contribution in [1.82, 2.24) is 4.90 Å². The number of amides is 1. The zero-order chi connectivity index (χ0) is 15.5. The minimum Gasteiger partial charge on any atom is -0.480 e. The molecule has 1 aromatic rings. The molecule has 0 radical (unpaired) electrons. The minimum atomic E-state index is -1.23. The van der Waals surface area contributed by atoms with Crippen LogP contribution in [0.2, 0.25) is 0 Å². The number of likely N-dealkylation sites (tertiary alicyclic amines) is 1. The van der Waals surface area contributed by atoms with Gasteiger partial charge in [0.1, 0.15) is 11.4 Å². The van der Waals surface area contributed by atoms with Gasteiger partial charge in [-0.2, -0.15) is 0 Å². The lowest BCUT2D eigenvalue weighted by molar-refractivity contribution is -0.142. The van der Waals surface area contributed by atoms with E-state index in [1.807, 2.05) is 4.90 Å². The predicted molar refractivity (Wildman–Crippen MR) is 75.3 cm³/mol. The van der Waals surface area contributed by atoms with E-state index in [4.69, 9.17) is 10.8 Å². The molecule has 4 N–H and O–H groups in total. The van der Waals surface area contributed by atoms with E-state index in [1.165, 1.54) is 12.1 Å². The molecule has 0 aromatic heterocycles. The van der Waals surface area contributed by atoms with Crippen LogP contribution in [0.15, 0.2) is 24.3 Å². The van der Waals surface area contributed by atoms with Crippen LogP contribution in [0.1, 0.15) is 12.8 Å². The number of carbonyl (C=O) groups excluding carboxylic acids is 1. The van der Waals surface area contributed by atoms with Crippen LogP contribution in [0.3, 0.4) is 0 Å². The Bertz CT molecular complexity index is 552. The molecular formula is C14H18FN3O3. The van der Waals surface area contributed by atoms with Crippen molar-refractivity contribution in [2.24, 2.45) is 5.73 Å². The molecule has 6 nitrogen and oxygen atoms in total. The Balaban J connectivity index is 1.81. The highest BCUT2D eigenvalue weighted by molar-refractivity contribution is 5.90. The highest BCUT2D eigenvalue weighted by Gasteiger charge is 2.40. The fourth-order valence-corrected chi connectivity index (χ4v) is 2.32. The molecule has 1 amide bonds. The Morgan fingerprint density at radius 2 is 2.14 bits per heavy atom. The van der Waals surface area contributed by atoms with Gasteiger partial charge in [0.05, 0.1) is 5.69 Å². The smallest absolute Gasteiger partial charge is 0.325 e. The average Bonchev–Trinajstić information content (AvgIpc) is 2.82. The second kappa shape index (κ2) is 6.19. The average molecular weight is 295 g/mol. The quantitative estimate of drug-likeness (QED) is 0.741. The van der Waals surface area contributed by atoms with E-state index in [0.717, 1.165) is 0 Å². The fraction of sp³-hybridized carbons (Fsp3) is 0.429. The van der Waals surface area contributed by atoms with Crippen LogP contribution in [0.25, 0.3) is 0 Å². The second-order valence-electron chi connectivity index (χ2n) is 5.27. The third-order valence-corrected chi connectivity index (χ3v) is 3.61. The monoisotopic (exact) mass is 295 g/mol. The van der Waals surface area contributed by atoms with Gasteiger partial charge in [0.2, 0.25) is 5.91 Å². The normalized spacial score (nSPS) is 22.2. The first-order valence-electron chi connectivity index (χ1n) is 6.70. The van der Waals surface area contributed by atoms with Crippen LogP contribution in [-0.4, -0.2) is 47.1 Å². The number of para-hydroxylation sites is 1. The van der Waals surface area contributed by atoms with Crippen LogP contribution < -0.4 is 11.1 Å². The first-order chi connectivity index (χ1) is 9.90. The van der Waals surface area contributed by atoms with Gasteiger partial charge >= 0.3 is 5.97 Å². The molecular weight excluding hydrogens is 277 g/mol. The predicted octanol–water partition coefficient (Wildman–Crippen LogP) is 0.642. The molecule has 1 heterocycles. The van der Waals surface area contributed by atoms with Crippen molar-refractivity contribution in [3.05, 3.63) is 30.1 Å². The van der Waals surface area contributed by atoms with Crippen LogP contribution in [0.4, 0.5) is 10.1 Å². The van der Waals surface area contributed by atoms with Crippen LogP contribution >= 0.6 is 0 Å². The number of carboxylic acid groups (broad SMARTS) is 1. The number of carbonyl (C=O) groups is 2. The van der Waals surface area contributed by atoms with E-state index < -0.39 is 17.3 Å². The summed E-state index contributed by atoms with van der Waals surface area (Å²) in [7, 11) is 0. The number of hydrogen-bond acceptors (Lipinski definition) is 4. The number of carboxylic acids is 1. The highest BCUT2D eigenvalue weighted by atomic mass is 19.1. The molecule has 21 heavy (non-hydrogen) atoms. The van der Waals surface area contributed by atoms with E-state index in [0.29, 0.717) is 19.5 Å². The number of anilines is 1. The summed E-state index contributed by atoms with van der Waals surface area (Å²) in [5.41, 5.74) is 4.66. The molecule has 1 aliphatic heterocycles. The first kappa shape index (κ1) is 15.4. The molecule has 2 rings (SSSR count). The molecule has 1 unspecified atom stereocenters. The Morgan fingerprint density at radius 1 is 1.43 bits per heavy atom. The summed E-state index contributed by atoms with van der Waals surface area (Å²) < 4.78 is 13.4. The van der Waals surface area contributed by atoms with Crippen molar-refractivity contribution in [2.45, 2.75) is 18.4 Å². The number of hydrogen-bond donors (Lipinski definition) is 3. The van der Waals surface area contributed by atoms with Gasteiger partial charge in [-0.15, -0.1) is 0 Å². The third-order valence-electron chi connectivity index (χ3n) is 3.61. The first-order valence-corrected chi connectivity index (χ1v) is 6.70. The van der Waals surface area contributed by atoms with E-state index in [1.54, 1.807) is 12.1 Å². The molecule has 1 fully saturated rings. The van der Waals surface area contributed by atoms with Gasteiger partial charge in [0, 0.05) is 26.1 Å². The molecule has 1 aromatic carbocycles. The number of aliphatic carboxylic acids is 1. The Kier molecular flexibility index (Phi) is 4.54. The number of nitrogens with zero attached hydrogens (tertiary/aromatic N) is 1. The van der Waals surface area contributed by atoms with Crippen molar-refractivity contribution in [3.63, 3.8) is 0 Å². The van der Waals surface area contributed by atoms with E-state index in [9.17, 15) is 14.0 Å². The number of nitrogens with one attached hydrogen (secondary N) is 1. The van der Waals surface area contributed by atoms with Gasteiger partial charge in [0.15, 0.2) is 0 Å². The largest absolute Gasteiger partial charge is 0.480 e. The van der Waals surface area contributed by atoms with Gasteiger partial charge in [-0.05, 0) is 18.6 Å². The van der Waals surface area contributed by atoms with Crippen molar-refractivity contribution >= 4 is 17.6 Å². The summed E-state index contributed by atoms with van der Waals surface area (Å²) in [6, 6.07) is 5.93. The zero-order valence-corrected chi connectivity index (χ0v) is 11.5.